The predicted molar refractivity (Wildman–Crippen MR) is 128 cm³/mol. The monoisotopic (exact) mass is 465 g/mol. The molecule has 7 nitrogen and oxygen atoms in total. The van der Waals surface area contributed by atoms with Crippen molar-refractivity contribution in [1.29, 1.82) is 0 Å². The van der Waals surface area contributed by atoms with Gasteiger partial charge in [0.25, 0.3) is 5.91 Å². The van der Waals surface area contributed by atoms with Crippen LogP contribution in [0.3, 0.4) is 0 Å². The highest BCUT2D eigenvalue weighted by Crippen LogP contribution is 2.28. The van der Waals surface area contributed by atoms with Crippen molar-refractivity contribution in [1.82, 2.24) is 24.8 Å². The molecule has 1 saturated carbocycles. The predicted octanol–water partition coefficient (Wildman–Crippen LogP) is 4.25. The molecule has 1 aromatic carbocycles. The molecule has 2 aromatic heterocycles. The third-order valence-electron chi connectivity index (χ3n) is 6.95. The van der Waals surface area contributed by atoms with Crippen LogP contribution in [0.15, 0.2) is 30.3 Å². The zero-order valence-corrected chi connectivity index (χ0v) is 19.8. The lowest BCUT2D eigenvalue weighted by molar-refractivity contribution is 0.0691. The van der Waals surface area contributed by atoms with Crippen LogP contribution >= 0.6 is 0 Å². The molecule has 1 aliphatic heterocycles. The Bertz CT molecular complexity index is 1210. The lowest BCUT2D eigenvalue weighted by Gasteiger charge is -2.27. The van der Waals surface area contributed by atoms with Crippen LogP contribution < -0.4 is 5.32 Å². The van der Waals surface area contributed by atoms with E-state index in [1.165, 1.54) is 6.07 Å². The maximum Gasteiger partial charge on any atom is 0.272 e. The van der Waals surface area contributed by atoms with Crippen molar-refractivity contribution in [2.24, 2.45) is 0 Å². The summed E-state index contributed by atoms with van der Waals surface area (Å²) in [5, 5.41) is 18.0. The van der Waals surface area contributed by atoms with Gasteiger partial charge in [-0.15, -0.1) is 0 Å². The van der Waals surface area contributed by atoms with Crippen molar-refractivity contribution in [2.45, 2.75) is 77.1 Å². The number of fused-ring (bicyclic) bond motifs is 1. The quantitative estimate of drug-likeness (QED) is 0.532. The molecule has 5 rings (SSSR count). The normalized spacial score (nSPS) is 19.9. The number of benzene rings is 1. The highest BCUT2D eigenvalue weighted by Gasteiger charge is 2.26. The highest BCUT2D eigenvalue weighted by atomic mass is 19.1. The molecule has 2 fully saturated rings. The average molecular weight is 466 g/mol. The van der Waals surface area contributed by atoms with Gasteiger partial charge < -0.3 is 10.0 Å². The first-order valence-electron chi connectivity index (χ1n) is 12.4. The molecule has 34 heavy (non-hydrogen) atoms. The number of nitrogens with one attached hydrogen (secondary N) is 1. The second kappa shape index (κ2) is 9.43. The first-order chi connectivity index (χ1) is 16.4. The number of aliphatic hydroxyl groups excluding tert-OH is 1. The van der Waals surface area contributed by atoms with E-state index in [0.717, 1.165) is 50.8 Å². The number of nitrogens with zero attached hydrogens (tertiary/aromatic N) is 4. The zero-order chi connectivity index (χ0) is 23.8. The fourth-order valence-corrected chi connectivity index (χ4v) is 4.73. The van der Waals surface area contributed by atoms with Gasteiger partial charge in [-0.1, -0.05) is 25.8 Å². The Kier molecular flexibility index (Phi) is 6.36. The summed E-state index contributed by atoms with van der Waals surface area (Å²) in [6.45, 7) is 4.85. The van der Waals surface area contributed by atoms with E-state index in [0.29, 0.717) is 40.6 Å². The van der Waals surface area contributed by atoms with Crippen LogP contribution in [-0.4, -0.2) is 49.1 Å². The molecule has 8 heteroatoms. The number of aromatic nitrogens is 3. The van der Waals surface area contributed by atoms with Gasteiger partial charge in [0, 0.05) is 36.0 Å². The molecule has 1 amide bonds. The van der Waals surface area contributed by atoms with Crippen molar-refractivity contribution in [3.8, 4) is 11.3 Å². The van der Waals surface area contributed by atoms with Crippen molar-refractivity contribution in [3.05, 3.63) is 53.1 Å². The molecule has 2 N–H and O–H groups in total. The Labute approximate surface area is 199 Å². The summed E-state index contributed by atoms with van der Waals surface area (Å²) in [6.07, 6.45) is 6.14. The third-order valence-corrected chi connectivity index (χ3v) is 6.95. The first-order valence-corrected chi connectivity index (χ1v) is 12.4. The summed E-state index contributed by atoms with van der Waals surface area (Å²) in [5.41, 5.74) is 3.06. The first kappa shape index (κ1) is 22.9. The van der Waals surface area contributed by atoms with Gasteiger partial charge >= 0.3 is 0 Å². The van der Waals surface area contributed by atoms with Gasteiger partial charge in [-0.2, -0.15) is 5.10 Å². The molecule has 2 atom stereocenters. The lowest BCUT2D eigenvalue weighted by Crippen LogP contribution is -2.38. The largest absolute Gasteiger partial charge is 0.374 e. The Hall–Kier alpha value is -2.84. The van der Waals surface area contributed by atoms with Crippen LogP contribution in [0.4, 0.5) is 4.39 Å². The number of hydrogen-bond acceptors (Lipinski definition) is 5. The number of rotatable bonds is 6. The minimum absolute atomic E-state index is 0.0537. The van der Waals surface area contributed by atoms with Crippen LogP contribution in [-0.2, 0) is 6.42 Å². The molecule has 2 unspecified atom stereocenters. The fraction of sp³-hybridized carbons (Fsp3) is 0.500. The standard InChI is InChI=1S/C26H32FN5O2/c1-3-19-14-23(26(34)31-12-6-4-5-7-16(31)2)29-24-15-22(30-32(19)24)20-11-8-17(13-21(20)27)25(33)28-18-9-10-18/h8,11,13-16,18,25,28,33H,3-7,9-10,12H2,1-2H3. The van der Waals surface area contributed by atoms with E-state index in [1.54, 1.807) is 22.7 Å². The summed E-state index contributed by atoms with van der Waals surface area (Å²) in [6, 6.07) is 8.73. The van der Waals surface area contributed by atoms with Crippen molar-refractivity contribution >= 4 is 11.6 Å². The molecular formula is C26H32FN5O2. The minimum Gasteiger partial charge on any atom is -0.374 e. The highest BCUT2D eigenvalue weighted by molar-refractivity contribution is 5.93. The molecule has 1 aliphatic carbocycles. The molecular weight excluding hydrogens is 433 g/mol. The SMILES string of the molecule is CCc1cc(C(=O)N2CCCCCC2C)nc2cc(-c3ccc(C(O)NC4CC4)cc3F)nn12. The maximum atomic E-state index is 15.0. The number of amides is 1. The zero-order valence-electron chi connectivity index (χ0n) is 19.8. The van der Waals surface area contributed by atoms with Gasteiger partial charge in [-0.3, -0.25) is 10.1 Å². The minimum atomic E-state index is -0.888. The van der Waals surface area contributed by atoms with Gasteiger partial charge in [0.05, 0.1) is 5.69 Å². The van der Waals surface area contributed by atoms with Crippen LogP contribution in [0, 0.1) is 5.82 Å². The summed E-state index contributed by atoms with van der Waals surface area (Å²) in [7, 11) is 0. The van der Waals surface area contributed by atoms with E-state index in [2.05, 4.69) is 22.3 Å². The molecule has 2 aliphatic rings. The van der Waals surface area contributed by atoms with Crippen molar-refractivity contribution in [3.63, 3.8) is 0 Å². The van der Waals surface area contributed by atoms with Gasteiger partial charge in [-0.25, -0.2) is 13.9 Å². The lowest BCUT2D eigenvalue weighted by atomic mass is 10.1. The van der Waals surface area contributed by atoms with E-state index in [-0.39, 0.29) is 11.9 Å². The Balaban J connectivity index is 1.46. The molecule has 0 radical (unpaired) electrons. The second-order valence-corrected chi connectivity index (χ2v) is 9.57. The number of hydrogen-bond donors (Lipinski definition) is 2. The maximum absolute atomic E-state index is 15.0. The van der Waals surface area contributed by atoms with Crippen molar-refractivity contribution in [2.75, 3.05) is 6.54 Å². The van der Waals surface area contributed by atoms with E-state index < -0.39 is 12.0 Å². The Morgan fingerprint density at radius 1 is 1.21 bits per heavy atom. The number of likely N-dealkylation sites (tertiary alicyclic amines) is 1. The molecule has 3 heterocycles. The topological polar surface area (TPSA) is 82.8 Å². The number of carbonyl (C=O) groups is 1. The van der Waals surface area contributed by atoms with E-state index in [1.807, 2.05) is 17.9 Å². The summed E-state index contributed by atoms with van der Waals surface area (Å²) in [5.74, 6) is -0.507. The van der Waals surface area contributed by atoms with Crippen LogP contribution in [0.25, 0.3) is 16.9 Å². The molecule has 0 spiro atoms. The molecule has 1 saturated heterocycles. The third kappa shape index (κ3) is 4.57. The molecule has 180 valence electrons. The van der Waals surface area contributed by atoms with Crippen LogP contribution in [0.5, 0.6) is 0 Å². The Morgan fingerprint density at radius 2 is 2.03 bits per heavy atom. The van der Waals surface area contributed by atoms with Gasteiger partial charge in [0.2, 0.25) is 0 Å². The number of carbonyl (C=O) groups excluding carboxylic acids is 1. The Morgan fingerprint density at radius 3 is 2.76 bits per heavy atom. The molecule has 3 aromatic rings. The molecule has 0 bridgehead atoms. The number of aliphatic hydroxyl groups is 1. The van der Waals surface area contributed by atoms with Gasteiger partial charge in [0.15, 0.2) is 5.65 Å². The average Bonchev–Trinajstić information content (AvgIpc) is 3.58. The second-order valence-electron chi connectivity index (χ2n) is 9.57. The smallest absolute Gasteiger partial charge is 0.272 e. The van der Waals surface area contributed by atoms with Gasteiger partial charge in [0.1, 0.15) is 17.7 Å². The van der Waals surface area contributed by atoms with E-state index >= 15 is 4.39 Å². The summed E-state index contributed by atoms with van der Waals surface area (Å²) >= 11 is 0. The number of aryl methyl sites for hydroxylation is 1. The van der Waals surface area contributed by atoms with Crippen LogP contribution in [0.1, 0.15) is 80.3 Å². The van der Waals surface area contributed by atoms with Gasteiger partial charge in [-0.05, 0) is 62.8 Å². The summed E-state index contributed by atoms with van der Waals surface area (Å²) < 4.78 is 16.7. The summed E-state index contributed by atoms with van der Waals surface area (Å²) in [4.78, 5) is 19.9. The van der Waals surface area contributed by atoms with E-state index in [9.17, 15) is 9.90 Å². The van der Waals surface area contributed by atoms with Crippen LogP contribution in [0.2, 0.25) is 0 Å². The van der Waals surface area contributed by atoms with Crippen molar-refractivity contribution < 1.29 is 14.3 Å². The van der Waals surface area contributed by atoms with E-state index in [4.69, 9.17) is 0 Å². The fourth-order valence-electron chi connectivity index (χ4n) is 4.73. The number of halogens is 1.